The number of amides is 3. The van der Waals surface area contributed by atoms with E-state index in [9.17, 15) is 34.5 Å². The number of aromatic hydroxyl groups is 2. The first-order chi connectivity index (χ1) is 26.9. The van der Waals surface area contributed by atoms with Crippen molar-refractivity contribution in [2.75, 3.05) is 0 Å². The van der Waals surface area contributed by atoms with Crippen molar-refractivity contribution < 1.29 is 44.7 Å². The van der Waals surface area contributed by atoms with Crippen molar-refractivity contribution in [3.05, 3.63) is 139 Å². The molecule has 4 atom stereocenters. The topological polar surface area (TPSA) is 240 Å². The molecule has 0 fully saturated rings. The van der Waals surface area contributed by atoms with Crippen molar-refractivity contribution in [1.29, 1.82) is 0 Å². The molecule has 0 saturated carbocycles. The number of carbonyl (C=O) groups excluding carboxylic acids is 3. The lowest BCUT2D eigenvalue weighted by atomic mass is 9.91. The summed E-state index contributed by atoms with van der Waals surface area (Å²) < 4.78 is 0. The van der Waals surface area contributed by atoms with Gasteiger partial charge in [0.2, 0.25) is 17.3 Å². The zero-order chi connectivity index (χ0) is 43.0. The molecule has 0 saturated heterocycles. The maximum absolute atomic E-state index is 12.5. The SMILES string of the molecule is NNC(=O)c1ccc(O)cc1.[C-]#[N+]c1ccc(C[C@@H](C(=O)NNC(=O)c2ccc(O)cc2)[C@@H](C)O)c(C)c1Cl.[C-]#[N+]c1ccc(C[C@@H](C(=O)O)[C@@H](C)O)c(C)c1Cl. The Morgan fingerprint density at radius 1 is 0.667 bits per heavy atom. The number of carbonyl (C=O) groups is 4. The van der Waals surface area contributed by atoms with Crippen LogP contribution in [0.1, 0.15) is 56.8 Å². The number of hydrogen-bond acceptors (Lipinski definition) is 9. The van der Waals surface area contributed by atoms with Gasteiger partial charge in [0.25, 0.3) is 11.8 Å². The summed E-state index contributed by atoms with van der Waals surface area (Å²) in [5.41, 5.74) is 10.7. The second-order valence-electron chi connectivity index (χ2n) is 12.5. The molecule has 0 aliphatic rings. The van der Waals surface area contributed by atoms with Crippen LogP contribution in [0.15, 0.2) is 72.8 Å². The van der Waals surface area contributed by atoms with Crippen LogP contribution in [-0.4, -0.2) is 61.4 Å². The van der Waals surface area contributed by atoms with E-state index in [0.717, 1.165) is 11.1 Å². The summed E-state index contributed by atoms with van der Waals surface area (Å²) in [6, 6.07) is 17.9. The number of benzene rings is 4. The van der Waals surface area contributed by atoms with Gasteiger partial charge in [0.1, 0.15) is 11.5 Å². The summed E-state index contributed by atoms with van der Waals surface area (Å²) in [6.07, 6.45) is -1.55. The molecule has 0 aromatic heterocycles. The highest BCUT2D eigenvalue weighted by atomic mass is 35.5. The van der Waals surface area contributed by atoms with Crippen molar-refractivity contribution in [2.45, 2.75) is 52.7 Å². The number of nitrogens with zero attached hydrogens (tertiary/aromatic N) is 2. The summed E-state index contributed by atoms with van der Waals surface area (Å²) in [5.74, 6) is 0.773. The quantitative estimate of drug-likeness (QED) is 0.0408. The number of hydrazine groups is 2. The smallest absolute Gasteiger partial charge is 0.309 e. The Balaban J connectivity index is 0.000000329. The summed E-state index contributed by atoms with van der Waals surface area (Å²) in [5, 5.41) is 47.3. The molecule has 0 heterocycles. The second kappa shape index (κ2) is 22.4. The highest BCUT2D eigenvalue weighted by molar-refractivity contribution is 6.34. The van der Waals surface area contributed by atoms with Crippen molar-refractivity contribution in [3.63, 3.8) is 0 Å². The number of aliphatic carboxylic acids is 1. The van der Waals surface area contributed by atoms with Gasteiger partial charge in [-0.15, -0.1) is 0 Å². The third kappa shape index (κ3) is 13.8. The first kappa shape index (κ1) is 47.0. The number of nitrogens with two attached hydrogens (primary N) is 1. The van der Waals surface area contributed by atoms with Crippen LogP contribution >= 0.6 is 23.2 Å². The number of halogens is 2. The minimum absolute atomic E-state index is 0.0213. The third-order valence-electron chi connectivity index (χ3n) is 8.58. The number of nitrogens with one attached hydrogen (secondary N) is 3. The minimum atomic E-state index is -1.05. The molecule has 15 nitrogen and oxygen atoms in total. The lowest BCUT2D eigenvalue weighted by molar-refractivity contribution is -0.145. The average Bonchev–Trinajstić information content (AvgIpc) is 3.18. The van der Waals surface area contributed by atoms with Gasteiger partial charge in [-0.2, -0.15) is 0 Å². The first-order valence-corrected chi connectivity index (χ1v) is 17.7. The largest absolute Gasteiger partial charge is 0.508 e. The van der Waals surface area contributed by atoms with E-state index in [2.05, 4.69) is 20.5 Å². The fourth-order valence-electron chi connectivity index (χ4n) is 5.05. The molecule has 300 valence electrons. The molecule has 17 heteroatoms. The van der Waals surface area contributed by atoms with Crippen LogP contribution in [0, 0.1) is 38.8 Å². The van der Waals surface area contributed by atoms with E-state index in [-0.39, 0.29) is 35.8 Å². The second-order valence-corrected chi connectivity index (χ2v) is 13.3. The van der Waals surface area contributed by atoms with Gasteiger partial charge in [0.15, 0.2) is 0 Å². The lowest BCUT2D eigenvalue weighted by Gasteiger charge is -2.21. The Morgan fingerprint density at radius 3 is 1.40 bits per heavy atom. The maximum Gasteiger partial charge on any atom is 0.309 e. The van der Waals surface area contributed by atoms with Crippen molar-refractivity contribution in [3.8, 4) is 11.5 Å². The van der Waals surface area contributed by atoms with E-state index in [1.807, 2.05) is 5.43 Å². The molecule has 57 heavy (non-hydrogen) atoms. The Kier molecular flexibility index (Phi) is 18.4. The summed E-state index contributed by atoms with van der Waals surface area (Å²) in [4.78, 5) is 53.0. The van der Waals surface area contributed by atoms with Gasteiger partial charge in [0, 0.05) is 11.1 Å². The molecule has 0 radical (unpaired) electrons. The number of phenols is 2. The molecule has 0 aliphatic heterocycles. The van der Waals surface area contributed by atoms with Crippen LogP contribution in [0.5, 0.6) is 11.5 Å². The van der Waals surface area contributed by atoms with Crippen LogP contribution in [-0.2, 0) is 22.4 Å². The number of rotatable bonds is 10. The minimum Gasteiger partial charge on any atom is -0.508 e. The van der Waals surface area contributed by atoms with E-state index < -0.39 is 41.8 Å². The number of hydrogen-bond donors (Lipinski definition) is 9. The van der Waals surface area contributed by atoms with Crippen LogP contribution in [0.25, 0.3) is 9.69 Å². The molecule has 3 amide bonds. The zero-order valence-corrected chi connectivity index (χ0v) is 32.8. The summed E-state index contributed by atoms with van der Waals surface area (Å²) in [6.45, 7) is 20.4. The van der Waals surface area contributed by atoms with Crippen molar-refractivity contribution in [2.24, 2.45) is 17.7 Å². The normalized spacial score (nSPS) is 12.3. The van der Waals surface area contributed by atoms with Crippen molar-refractivity contribution >= 4 is 58.3 Å². The molecular formula is C40H42Cl2N6O9. The summed E-state index contributed by atoms with van der Waals surface area (Å²) >= 11 is 12.2. The lowest BCUT2D eigenvalue weighted by Crippen LogP contribution is -2.47. The number of carboxylic acid groups (broad SMARTS) is 1. The van der Waals surface area contributed by atoms with E-state index in [1.54, 1.807) is 38.1 Å². The molecule has 4 aromatic carbocycles. The fourth-order valence-corrected chi connectivity index (χ4v) is 5.50. The number of aliphatic hydroxyl groups excluding tert-OH is 2. The highest BCUT2D eigenvalue weighted by Crippen LogP contribution is 2.33. The average molecular weight is 822 g/mol. The number of nitrogen functional groups attached to an aromatic ring is 1. The van der Waals surface area contributed by atoms with Crippen LogP contribution in [0.4, 0.5) is 11.4 Å². The molecule has 10 N–H and O–H groups in total. The molecule has 4 aromatic rings. The van der Waals surface area contributed by atoms with Crippen LogP contribution in [0.3, 0.4) is 0 Å². The number of phenolic OH excluding ortho intramolecular Hbond substituents is 2. The number of aliphatic hydroxyl groups is 2. The molecule has 0 spiro atoms. The molecule has 0 bridgehead atoms. The van der Waals surface area contributed by atoms with E-state index in [0.29, 0.717) is 38.1 Å². The predicted molar refractivity (Wildman–Crippen MR) is 214 cm³/mol. The summed E-state index contributed by atoms with van der Waals surface area (Å²) in [7, 11) is 0. The Morgan fingerprint density at radius 2 is 1.05 bits per heavy atom. The monoisotopic (exact) mass is 820 g/mol. The van der Waals surface area contributed by atoms with Gasteiger partial charge in [-0.05, 0) is 111 Å². The van der Waals surface area contributed by atoms with Gasteiger partial charge in [0.05, 0.1) is 47.2 Å². The Bertz CT molecular complexity index is 2130. The molecule has 0 unspecified atom stereocenters. The van der Waals surface area contributed by atoms with Gasteiger partial charge >= 0.3 is 5.97 Å². The van der Waals surface area contributed by atoms with Gasteiger partial charge in [-0.3, -0.25) is 35.5 Å². The zero-order valence-electron chi connectivity index (χ0n) is 31.2. The predicted octanol–water partition coefficient (Wildman–Crippen LogP) is 5.72. The first-order valence-electron chi connectivity index (χ1n) is 17.0. The molecular weight excluding hydrogens is 779 g/mol. The molecule has 4 rings (SSSR count). The number of carboxylic acids is 1. The Labute approximate surface area is 339 Å². The van der Waals surface area contributed by atoms with Crippen LogP contribution < -0.4 is 22.1 Å². The van der Waals surface area contributed by atoms with E-state index in [4.69, 9.17) is 52.4 Å². The standard InChI is InChI=1S/C20H20ClN3O4.C13H14ClNO3.C7H8N2O2/c1-11-14(6-9-17(22-3)18(11)21)10-16(12(2)25)20(28)24-23-19(27)13-4-7-15(26)8-5-13;1-7-9(4-5-11(15-3)12(7)14)6-10(8(2)16)13(17)18;8-9-7(11)5-1-3-6(10)4-2-5/h4-9,12,16,25-26H,10H2,1-2H3,(H,23,27)(H,24,28);4-5,8,10,16H,6H2,1-2H3,(H,17,18);1-4,10H,8H2,(H,9,11)/t12-,16-;8-,10-;/m11./s1. The van der Waals surface area contributed by atoms with Crippen LogP contribution in [0.2, 0.25) is 10.0 Å². The maximum atomic E-state index is 12.5. The van der Waals surface area contributed by atoms with Crippen molar-refractivity contribution in [1.82, 2.24) is 16.3 Å². The third-order valence-corrected chi connectivity index (χ3v) is 9.54. The fraction of sp³-hybridized carbons (Fsp3) is 0.250. The highest BCUT2D eigenvalue weighted by Gasteiger charge is 2.27. The van der Waals surface area contributed by atoms with E-state index in [1.165, 1.54) is 62.4 Å². The molecule has 0 aliphatic carbocycles. The van der Waals surface area contributed by atoms with Gasteiger partial charge in [-0.1, -0.05) is 47.5 Å². The Hall–Kier alpha value is -6.20. The van der Waals surface area contributed by atoms with Gasteiger partial charge < -0.3 is 25.5 Å². The van der Waals surface area contributed by atoms with Gasteiger partial charge in [-0.25, -0.2) is 15.5 Å². The van der Waals surface area contributed by atoms with E-state index >= 15 is 0 Å².